The van der Waals surface area contributed by atoms with Gasteiger partial charge in [0.05, 0.1) is 0 Å². The zero-order chi connectivity index (χ0) is 8.32. The molecule has 0 aromatic carbocycles. The summed E-state index contributed by atoms with van der Waals surface area (Å²) in [4.78, 5) is 2.38. The van der Waals surface area contributed by atoms with Crippen LogP contribution in [0.5, 0.6) is 0 Å². The third-order valence-electron chi connectivity index (χ3n) is 2.70. The highest BCUT2D eigenvalue weighted by atomic mass is 32.2. The Labute approximate surface area is 73.5 Å². The van der Waals surface area contributed by atoms with Crippen LogP contribution in [0.2, 0.25) is 0 Å². The van der Waals surface area contributed by atoms with Crippen LogP contribution in [0.4, 0.5) is 0 Å². The van der Waals surface area contributed by atoms with E-state index in [9.17, 15) is 0 Å². The second-order valence-electron chi connectivity index (χ2n) is 3.39. The number of piperidine rings is 1. The fourth-order valence-electron chi connectivity index (χ4n) is 1.52. The predicted molar refractivity (Wildman–Crippen MR) is 52.0 cm³/mol. The Morgan fingerprint density at radius 3 is 2.36 bits per heavy atom. The van der Waals surface area contributed by atoms with Crippen molar-refractivity contribution in [3.8, 4) is 0 Å². The SMILES string of the molecule is CSC1(CN)CCN(C)CC1. The highest BCUT2D eigenvalue weighted by Crippen LogP contribution is 2.32. The molecule has 2 N–H and O–H groups in total. The van der Waals surface area contributed by atoms with Gasteiger partial charge in [-0.1, -0.05) is 0 Å². The van der Waals surface area contributed by atoms with Crippen molar-refractivity contribution < 1.29 is 0 Å². The summed E-state index contributed by atoms with van der Waals surface area (Å²) in [5.74, 6) is 0. The van der Waals surface area contributed by atoms with Crippen molar-refractivity contribution in [3.63, 3.8) is 0 Å². The molecule has 1 heterocycles. The molecule has 1 rings (SSSR count). The van der Waals surface area contributed by atoms with E-state index in [4.69, 9.17) is 5.73 Å². The number of nitrogens with zero attached hydrogens (tertiary/aromatic N) is 1. The molecule has 1 saturated heterocycles. The van der Waals surface area contributed by atoms with Gasteiger partial charge in [-0.3, -0.25) is 0 Å². The normalized spacial score (nSPS) is 25.4. The van der Waals surface area contributed by atoms with Crippen LogP contribution < -0.4 is 5.73 Å². The monoisotopic (exact) mass is 174 g/mol. The van der Waals surface area contributed by atoms with Crippen molar-refractivity contribution in [2.45, 2.75) is 17.6 Å². The second kappa shape index (κ2) is 3.78. The van der Waals surface area contributed by atoms with Crippen LogP contribution in [0.25, 0.3) is 0 Å². The van der Waals surface area contributed by atoms with Gasteiger partial charge in [-0.25, -0.2) is 0 Å². The Morgan fingerprint density at radius 2 is 2.00 bits per heavy atom. The van der Waals surface area contributed by atoms with Crippen molar-refractivity contribution >= 4 is 11.8 Å². The summed E-state index contributed by atoms with van der Waals surface area (Å²) in [6, 6.07) is 0. The van der Waals surface area contributed by atoms with Gasteiger partial charge in [0.1, 0.15) is 0 Å². The Morgan fingerprint density at radius 1 is 1.45 bits per heavy atom. The molecule has 0 spiro atoms. The van der Waals surface area contributed by atoms with Crippen LogP contribution in [-0.4, -0.2) is 42.6 Å². The van der Waals surface area contributed by atoms with Crippen molar-refractivity contribution in [3.05, 3.63) is 0 Å². The topological polar surface area (TPSA) is 29.3 Å². The number of nitrogens with two attached hydrogens (primary N) is 1. The number of likely N-dealkylation sites (tertiary alicyclic amines) is 1. The number of rotatable bonds is 2. The molecular weight excluding hydrogens is 156 g/mol. The van der Waals surface area contributed by atoms with E-state index in [0.29, 0.717) is 4.75 Å². The molecule has 3 heteroatoms. The van der Waals surface area contributed by atoms with E-state index < -0.39 is 0 Å². The Balaban J connectivity index is 2.45. The van der Waals surface area contributed by atoms with E-state index in [0.717, 1.165) is 6.54 Å². The predicted octanol–water partition coefficient (Wildman–Crippen LogP) is 0.772. The number of hydrogen-bond donors (Lipinski definition) is 1. The summed E-state index contributed by atoms with van der Waals surface area (Å²) in [5, 5.41) is 0. The van der Waals surface area contributed by atoms with Gasteiger partial charge in [-0.05, 0) is 39.2 Å². The minimum atomic E-state index is 0.395. The lowest BCUT2D eigenvalue weighted by Gasteiger charge is -2.38. The lowest BCUT2D eigenvalue weighted by Crippen LogP contribution is -2.45. The molecule has 0 atom stereocenters. The second-order valence-corrected chi connectivity index (χ2v) is 4.67. The number of thioether (sulfide) groups is 1. The summed E-state index contributed by atoms with van der Waals surface area (Å²) in [6.07, 6.45) is 4.68. The van der Waals surface area contributed by atoms with Gasteiger partial charge in [-0.15, -0.1) is 0 Å². The first kappa shape index (κ1) is 9.36. The van der Waals surface area contributed by atoms with E-state index in [-0.39, 0.29) is 0 Å². The third kappa shape index (κ3) is 2.10. The quantitative estimate of drug-likeness (QED) is 0.670. The van der Waals surface area contributed by atoms with Crippen molar-refractivity contribution in [2.75, 3.05) is 32.9 Å². The van der Waals surface area contributed by atoms with Crippen molar-refractivity contribution in [1.82, 2.24) is 4.90 Å². The Kier molecular flexibility index (Phi) is 3.22. The number of hydrogen-bond acceptors (Lipinski definition) is 3. The van der Waals surface area contributed by atoms with Crippen LogP contribution in [0.3, 0.4) is 0 Å². The molecule has 2 nitrogen and oxygen atoms in total. The van der Waals surface area contributed by atoms with Crippen LogP contribution in [0.1, 0.15) is 12.8 Å². The van der Waals surface area contributed by atoms with E-state index in [2.05, 4.69) is 18.2 Å². The molecule has 1 fully saturated rings. The molecule has 1 aliphatic heterocycles. The summed E-state index contributed by atoms with van der Waals surface area (Å²) in [5.41, 5.74) is 5.75. The van der Waals surface area contributed by atoms with Gasteiger partial charge in [-0.2, -0.15) is 11.8 Å². The molecule has 66 valence electrons. The van der Waals surface area contributed by atoms with Crippen LogP contribution >= 0.6 is 11.8 Å². The molecule has 11 heavy (non-hydrogen) atoms. The molecule has 0 saturated carbocycles. The van der Waals surface area contributed by atoms with Crippen LogP contribution in [0.15, 0.2) is 0 Å². The Bertz CT molecular complexity index is 113. The lowest BCUT2D eigenvalue weighted by molar-refractivity contribution is 0.242. The van der Waals surface area contributed by atoms with Gasteiger partial charge in [0, 0.05) is 11.3 Å². The maximum absolute atomic E-state index is 5.75. The standard InChI is InChI=1S/C8H18N2S/c1-10-5-3-8(7-9,11-2)4-6-10/h3-7,9H2,1-2H3. The highest BCUT2D eigenvalue weighted by Gasteiger charge is 2.30. The van der Waals surface area contributed by atoms with Gasteiger partial charge in [0.25, 0.3) is 0 Å². The third-order valence-corrected chi connectivity index (χ3v) is 4.14. The van der Waals surface area contributed by atoms with E-state index >= 15 is 0 Å². The molecule has 0 aromatic rings. The molecule has 0 aromatic heterocycles. The van der Waals surface area contributed by atoms with E-state index in [1.165, 1.54) is 25.9 Å². The molecule has 0 unspecified atom stereocenters. The summed E-state index contributed by atoms with van der Waals surface area (Å²) >= 11 is 1.94. The average Bonchev–Trinajstić information content (AvgIpc) is 2.07. The first-order chi connectivity index (χ1) is 5.22. The van der Waals surface area contributed by atoms with Gasteiger partial charge in [0.2, 0.25) is 0 Å². The van der Waals surface area contributed by atoms with Crippen LogP contribution in [0, 0.1) is 0 Å². The maximum atomic E-state index is 5.75. The van der Waals surface area contributed by atoms with Gasteiger partial charge < -0.3 is 10.6 Å². The fourth-order valence-corrected chi connectivity index (χ4v) is 2.28. The highest BCUT2D eigenvalue weighted by molar-refractivity contribution is 8.00. The molecule has 0 bridgehead atoms. The largest absolute Gasteiger partial charge is 0.329 e. The lowest BCUT2D eigenvalue weighted by atomic mass is 9.96. The zero-order valence-electron chi connectivity index (χ0n) is 7.47. The molecule has 1 aliphatic rings. The summed E-state index contributed by atoms with van der Waals surface area (Å²) in [7, 11) is 2.18. The molecular formula is C8H18N2S. The zero-order valence-corrected chi connectivity index (χ0v) is 8.28. The Hall–Kier alpha value is 0.270. The maximum Gasteiger partial charge on any atom is 0.0303 e. The van der Waals surface area contributed by atoms with Gasteiger partial charge >= 0.3 is 0 Å². The molecule has 0 amide bonds. The average molecular weight is 174 g/mol. The van der Waals surface area contributed by atoms with Crippen LogP contribution in [-0.2, 0) is 0 Å². The van der Waals surface area contributed by atoms with Crippen molar-refractivity contribution in [1.29, 1.82) is 0 Å². The minimum absolute atomic E-state index is 0.395. The van der Waals surface area contributed by atoms with E-state index in [1.54, 1.807) is 0 Å². The smallest absolute Gasteiger partial charge is 0.0303 e. The summed E-state index contributed by atoms with van der Waals surface area (Å²) in [6.45, 7) is 3.25. The summed E-state index contributed by atoms with van der Waals surface area (Å²) < 4.78 is 0.395. The first-order valence-electron chi connectivity index (χ1n) is 4.16. The molecule has 0 aliphatic carbocycles. The van der Waals surface area contributed by atoms with E-state index in [1.807, 2.05) is 11.8 Å². The minimum Gasteiger partial charge on any atom is -0.329 e. The first-order valence-corrected chi connectivity index (χ1v) is 5.39. The van der Waals surface area contributed by atoms with Crippen molar-refractivity contribution in [2.24, 2.45) is 5.73 Å². The van der Waals surface area contributed by atoms with Gasteiger partial charge in [0.15, 0.2) is 0 Å². The molecule has 0 radical (unpaired) electrons. The fraction of sp³-hybridized carbons (Fsp3) is 1.00.